The largest absolute Gasteiger partial charge is 0.325 e. The third-order valence-electron chi connectivity index (χ3n) is 4.13. The van der Waals surface area contributed by atoms with E-state index in [9.17, 15) is 4.79 Å². The van der Waals surface area contributed by atoms with Gasteiger partial charge in [0, 0.05) is 17.8 Å². The standard InChI is InChI=1S/C21H22N4OS/c1-4-14-25-16(3)23-24-21(25)27-15(2)20(26)22-19-13-9-8-12-18(19)17-10-6-5-7-11-17/h4-13,15H,1,14H2,2-3H3,(H,22,26)/t15-/m0/s1. The number of hydrogen-bond donors (Lipinski definition) is 1. The lowest BCUT2D eigenvalue weighted by Gasteiger charge is -2.15. The zero-order valence-electron chi connectivity index (χ0n) is 15.4. The minimum Gasteiger partial charge on any atom is -0.325 e. The van der Waals surface area contributed by atoms with E-state index in [1.807, 2.05) is 73.0 Å². The highest BCUT2D eigenvalue weighted by molar-refractivity contribution is 8.00. The Kier molecular flexibility index (Phi) is 6.08. The van der Waals surface area contributed by atoms with Crippen molar-refractivity contribution in [3.8, 4) is 11.1 Å². The molecule has 2 aromatic carbocycles. The number of anilines is 1. The van der Waals surface area contributed by atoms with Crippen molar-refractivity contribution in [1.82, 2.24) is 14.8 Å². The molecular formula is C21H22N4OS. The Balaban J connectivity index is 1.76. The third kappa shape index (κ3) is 4.46. The number of nitrogens with one attached hydrogen (secondary N) is 1. The van der Waals surface area contributed by atoms with Crippen LogP contribution in [-0.2, 0) is 11.3 Å². The molecule has 0 aliphatic heterocycles. The molecule has 1 heterocycles. The molecule has 1 amide bonds. The number of rotatable bonds is 7. The van der Waals surface area contributed by atoms with E-state index in [-0.39, 0.29) is 11.2 Å². The van der Waals surface area contributed by atoms with E-state index in [0.29, 0.717) is 11.7 Å². The van der Waals surface area contributed by atoms with Crippen LogP contribution in [0.4, 0.5) is 5.69 Å². The van der Waals surface area contributed by atoms with Crippen LogP contribution in [-0.4, -0.2) is 25.9 Å². The summed E-state index contributed by atoms with van der Waals surface area (Å²) in [5.74, 6) is 0.730. The minimum absolute atomic E-state index is 0.0748. The number of carbonyl (C=O) groups is 1. The second-order valence-electron chi connectivity index (χ2n) is 6.09. The van der Waals surface area contributed by atoms with Gasteiger partial charge in [0.15, 0.2) is 5.16 Å². The highest BCUT2D eigenvalue weighted by Crippen LogP contribution is 2.29. The van der Waals surface area contributed by atoms with Gasteiger partial charge in [-0.3, -0.25) is 4.79 Å². The van der Waals surface area contributed by atoms with Gasteiger partial charge in [-0.25, -0.2) is 0 Å². The molecular weight excluding hydrogens is 356 g/mol. The molecule has 3 rings (SSSR count). The lowest BCUT2D eigenvalue weighted by atomic mass is 10.0. The van der Waals surface area contributed by atoms with Gasteiger partial charge in [0.05, 0.1) is 5.25 Å². The number of nitrogens with zero attached hydrogens (tertiary/aromatic N) is 3. The number of aromatic nitrogens is 3. The number of amides is 1. The Morgan fingerprint density at radius 1 is 1.19 bits per heavy atom. The SMILES string of the molecule is C=CCn1c(C)nnc1S[C@@H](C)C(=O)Nc1ccccc1-c1ccccc1. The summed E-state index contributed by atoms with van der Waals surface area (Å²) in [7, 11) is 0. The molecule has 0 aliphatic carbocycles. The monoisotopic (exact) mass is 378 g/mol. The first-order valence-electron chi connectivity index (χ1n) is 8.73. The smallest absolute Gasteiger partial charge is 0.237 e. The van der Waals surface area contributed by atoms with Gasteiger partial charge in [0.25, 0.3) is 0 Å². The first-order chi connectivity index (χ1) is 13.1. The van der Waals surface area contributed by atoms with Crippen LogP contribution in [0.5, 0.6) is 0 Å². The quantitative estimate of drug-likeness (QED) is 0.484. The van der Waals surface area contributed by atoms with E-state index in [1.165, 1.54) is 11.8 Å². The highest BCUT2D eigenvalue weighted by atomic mass is 32.2. The van der Waals surface area contributed by atoms with Crippen molar-refractivity contribution in [2.24, 2.45) is 0 Å². The molecule has 138 valence electrons. The van der Waals surface area contributed by atoms with E-state index in [1.54, 1.807) is 6.08 Å². The summed E-state index contributed by atoms with van der Waals surface area (Å²) < 4.78 is 1.94. The van der Waals surface area contributed by atoms with Gasteiger partial charge in [-0.15, -0.1) is 16.8 Å². The van der Waals surface area contributed by atoms with Crippen LogP contribution < -0.4 is 5.32 Å². The zero-order chi connectivity index (χ0) is 19.2. The lowest BCUT2D eigenvalue weighted by molar-refractivity contribution is -0.115. The van der Waals surface area contributed by atoms with E-state index in [4.69, 9.17) is 0 Å². The maximum absolute atomic E-state index is 12.8. The van der Waals surface area contributed by atoms with Crippen molar-refractivity contribution in [3.05, 3.63) is 73.1 Å². The molecule has 3 aromatic rings. The van der Waals surface area contributed by atoms with Crippen LogP contribution in [0.2, 0.25) is 0 Å². The maximum atomic E-state index is 12.8. The fourth-order valence-electron chi connectivity index (χ4n) is 2.70. The molecule has 0 spiro atoms. The molecule has 5 nitrogen and oxygen atoms in total. The second kappa shape index (κ2) is 8.68. The molecule has 0 saturated carbocycles. The van der Waals surface area contributed by atoms with E-state index >= 15 is 0 Å². The topological polar surface area (TPSA) is 59.8 Å². The molecule has 0 saturated heterocycles. The van der Waals surface area contributed by atoms with Crippen molar-refractivity contribution in [2.75, 3.05) is 5.32 Å². The summed E-state index contributed by atoms with van der Waals surface area (Å²) in [4.78, 5) is 12.8. The van der Waals surface area contributed by atoms with Crippen molar-refractivity contribution in [3.63, 3.8) is 0 Å². The summed E-state index contributed by atoms with van der Waals surface area (Å²) in [6.45, 7) is 8.14. The summed E-state index contributed by atoms with van der Waals surface area (Å²) in [5, 5.41) is 11.7. The highest BCUT2D eigenvalue weighted by Gasteiger charge is 2.20. The van der Waals surface area contributed by atoms with Crippen LogP contribution in [0.1, 0.15) is 12.7 Å². The minimum atomic E-state index is -0.319. The number of para-hydroxylation sites is 1. The fourth-order valence-corrected chi connectivity index (χ4v) is 3.60. The molecule has 27 heavy (non-hydrogen) atoms. The molecule has 0 radical (unpaired) electrons. The van der Waals surface area contributed by atoms with Crippen LogP contribution in [0.15, 0.2) is 72.4 Å². The van der Waals surface area contributed by atoms with E-state index in [0.717, 1.165) is 22.6 Å². The molecule has 6 heteroatoms. The van der Waals surface area contributed by atoms with Crippen LogP contribution in [0, 0.1) is 6.92 Å². The van der Waals surface area contributed by atoms with Crippen molar-refractivity contribution in [1.29, 1.82) is 0 Å². The first kappa shape index (κ1) is 18.9. The zero-order valence-corrected chi connectivity index (χ0v) is 16.2. The molecule has 1 atom stereocenters. The predicted octanol–water partition coefficient (Wildman–Crippen LogP) is 4.56. The van der Waals surface area contributed by atoms with E-state index < -0.39 is 0 Å². The first-order valence-corrected chi connectivity index (χ1v) is 9.60. The average Bonchev–Trinajstić information content (AvgIpc) is 3.03. The van der Waals surface area contributed by atoms with Gasteiger partial charge in [0.2, 0.25) is 5.91 Å². The molecule has 0 aliphatic rings. The molecule has 1 aromatic heterocycles. The lowest BCUT2D eigenvalue weighted by Crippen LogP contribution is -2.23. The second-order valence-corrected chi connectivity index (χ2v) is 7.40. The maximum Gasteiger partial charge on any atom is 0.237 e. The number of thioether (sulfide) groups is 1. The number of carbonyl (C=O) groups excluding carboxylic acids is 1. The van der Waals surface area contributed by atoms with Gasteiger partial charge in [0.1, 0.15) is 5.82 Å². The Bertz CT molecular complexity index is 936. The van der Waals surface area contributed by atoms with Crippen LogP contribution >= 0.6 is 11.8 Å². The third-order valence-corrected chi connectivity index (χ3v) is 5.22. The Morgan fingerprint density at radius 3 is 2.63 bits per heavy atom. The Labute approximate surface area is 163 Å². The van der Waals surface area contributed by atoms with Gasteiger partial charge in [-0.2, -0.15) is 0 Å². The van der Waals surface area contributed by atoms with Gasteiger partial charge >= 0.3 is 0 Å². The number of allylic oxidation sites excluding steroid dienone is 1. The van der Waals surface area contributed by atoms with Crippen LogP contribution in [0.25, 0.3) is 11.1 Å². The summed E-state index contributed by atoms with van der Waals surface area (Å²) in [6, 6.07) is 17.8. The van der Waals surface area contributed by atoms with E-state index in [2.05, 4.69) is 22.1 Å². The number of hydrogen-bond acceptors (Lipinski definition) is 4. The number of benzene rings is 2. The molecule has 1 N–H and O–H groups in total. The number of aryl methyl sites for hydroxylation is 1. The van der Waals surface area contributed by atoms with Gasteiger partial charge < -0.3 is 9.88 Å². The summed E-state index contributed by atoms with van der Waals surface area (Å²) in [6.07, 6.45) is 1.79. The van der Waals surface area contributed by atoms with Gasteiger partial charge in [-0.1, -0.05) is 66.4 Å². The Hall–Kier alpha value is -2.86. The van der Waals surface area contributed by atoms with Crippen molar-refractivity contribution in [2.45, 2.75) is 30.8 Å². The summed E-state index contributed by atoms with van der Waals surface area (Å²) >= 11 is 1.39. The van der Waals surface area contributed by atoms with Crippen molar-refractivity contribution < 1.29 is 4.79 Å². The van der Waals surface area contributed by atoms with Crippen molar-refractivity contribution >= 4 is 23.4 Å². The molecule has 0 bridgehead atoms. The predicted molar refractivity (Wildman–Crippen MR) is 111 cm³/mol. The normalized spacial score (nSPS) is 11.8. The fraction of sp³-hybridized carbons (Fsp3) is 0.190. The molecule has 0 fully saturated rings. The Morgan fingerprint density at radius 2 is 1.89 bits per heavy atom. The van der Waals surface area contributed by atoms with Gasteiger partial charge in [-0.05, 0) is 25.5 Å². The average molecular weight is 379 g/mol. The van der Waals surface area contributed by atoms with Crippen LogP contribution in [0.3, 0.4) is 0 Å². The molecule has 0 unspecified atom stereocenters. The summed E-state index contributed by atoms with van der Waals surface area (Å²) in [5.41, 5.74) is 2.86.